The lowest BCUT2D eigenvalue weighted by Crippen LogP contribution is -2.40. The number of Topliss-reactive ketones (excluding diaryl/α,β-unsaturated/α-hetero) is 1. The second-order valence-electron chi connectivity index (χ2n) is 10.8. The number of amides is 1. The summed E-state index contributed by atoms with van der Waals surface area (Å²) < 4.78 is 49.2. The molecule has 2 aromatic rings. The minimum atomic E-state index is -4.46. The topological polar surface area (TPSA) is 93.7 Å². The van der Waals surface area contributed by atoms with Crippen LogP contribution in [0.3, 0.4) is 0 Å². The average molecular weight is 547 g/mol. The van der Waals surface area contributed by atoms with Gasteiger partial charge in [0.2, 0.25) is 11.8 Å². The molecule has 8 nitrogen and oxygen atoms in total. The van der Waals surface area contributed by atoms with Crippen LogP contribution in [-0.4, -0.2) is 66.5 Å². The highest BCUT2D eigenvalue weighted by atomic mass is 19.4. The van der Waals surface area contributed by atoms with Crippen molar-refractivity contribution in [3.05, 3.63) is 47.2 Å². The normalized spacial score (nSPS) is 26.5. The summed E-state index contributed by atoms with van der Waals surface area (Å²) in [6.45, 7) is 1.59. The fourth-order valence-electron chi connectivity index (χ4n) is 6.35. The van der Waals surface area contributed by atoms with Crippen LogP contribution in [-0.2, 0) is 22.2 Å². The van der Waals surface area contributed by atoms with Crippen molar-refractivity contribution in [1.29, 1.82) is 0 Å². The van der Waals surface area contributed by atoms with Crippen LogP contribution in [0, 0.1) is 17.8 Å². The van der Waals surface area contributed by atoms with Gasteiger partial charge in [-0.25, -0.2) is 4.98 Å². The number of hydrogen-bond donors (Lipinski definition) is 1. The molecule has 1 saturated heterocycles. The highest BCUT2D eigenvalue weighted by Gasteiger charge is 2.60. The van der Waals surface area contributed by atoms with Crippen LogP contribution in [0.4, 0.5) is 13.2 Å². The molecule has 11 heteroatoms. The fraction of sp³-hybridized carbons (Fsp3) is 0.571. The van der Waals surface area contributed by atoms with Crippen molar-refractivity contribution in [2.24, 2.45) is 17.8 Å². The van der Waals surface area contributed by atoms with E-state index >= 15 is 0 Å². The molecule has 5 rings (SSSR count). The molecule has 1 aromatic carbocycles. The first-order chi connectivity index (χ1) is 18.7. The van der Waals surface area contributed by atoms with Gasteiger partial charge < -0.3 is 14.8 Å². The summed E-state index contributed by atoms with van der Waals surface area (Å²) in [5.41, 5.74) is 0.520. The number of halogens is 3. The largest absolute Gasteiger partial charge is 0.481 e. The molecular weight excluding hydrogens is 513 g/mol. The number of aromatic nitrogens is 2. The zero-order chi connectivity index (χ0) is 27.7. The predicted molar refractivity (Wildman–Crippen MR) is 135 cm³/mol. The van der Waals surface area contributed by atoms with Crippen molar-refractivity contribution >= 4 is 11.7 Å². The van der Waals surface area contributed by atoms with Crippen molar-refractivity contribution < 1.29 is 32.2 Å². The van der Waals surface area contributed by atoms with Crippen molar-refractivity contribution in [2.75, 3.05) is 33.9 Å². The second kappa shape index (κ2) is 11.1. The zero-order valence-corrected chi connectivity index (χ0v) is 22.0. The molecule has 2 aliphatic carbocycles. The lowest BCUT2D eigenvalue weighted by molar-refractivity contribution is -0.137. The molecule has 1 amide bonds. The van der Waals surface area contributed by atoms with E-state index in [4.69, 9.17) is 9.47 Å². The number of hydrogen-bond acceptors (Lipinski definition) is 7. The van der Waals surface area contributed by atoms with Gasteiger partial charge in [-0.3, -0.25) is 14.5 Å². The van der Waals surface area contributed by atoms with E-state index in [0.29, 0.717) is 35.7 Å². The molecule has 1 unspecified atom stereocenters. The van der Waals surface area contributed by atoms with Crippen molar-refractivity contribution in [2.45, 2.75) is 50.2 Å². The number of rotatable bonds is 9. The molecule has 2 heterocycles. The van der Waals surface area contributed by atoms with E-state index in [2.05, 4.69) is 20.2 Å². The molecular formula is C28H33F3N4O4. The van der Waals surface area contributed by atoms with E-state index in [-0.39, 0.29) is 36.1 Å². The standard InChI is InChI=1S/C28H33F3N4O4/c1-38-26-21(13-33-27(34-26)39-2)17-6-8-19(9-7-17)35-14-22-23(15-35)24(22)25(37)32-12-20(36)11-16-4-3-5-18(10-16)28(29,30)31/h3-5,10,13,17,19,22-24H,6-9,11-12,14-15H2,1-2H3,(H,32,37)/t17?,19?,22-,23+,24?. The molecule has 210 valence electrons. The number of likely N-dealkylation sites (tertiary alicyclic amines) is 1. The summed E-state index contributed by atoms with van der Waals surface area (Å²) in [4.78, 5) is 36.1. The summed E-state index contributed by atoms with van der Waals surface area (Å²) >= 11 is 0. The molecule has 2 saturated carbocycles. The van der Waals surface area contributed by atoms with Crippen molar-refractivity contribution in [1.82, 2.24) is 20.2 Å². The molecule has 1 aromatic heterocycles. The number of ketones is 1. The molecule has 3 atom stereocenters. The number of carbonyl (C=O) groups excluding carboxylic acids is 2. The Hall–Kier alpha value is -3.21. The van der Waals surface area contributed by atoms with Gasteiger partial charge in [0.25, 0.3) is 0 Å². The van der Waals surface area contributed by atoms with Gasteiger partial charge in [-0.2, -0.15) is 18.2 Å². The quantitative estimate of drug-likeness (QED) is 0.513. The van der Waals surface area contributed by atoms with Gasteiger partial charge in [0, 0.05) is 43.2 Å². The summed E-state index contributed by atoms with van der Waals surface area (Å²) in [5.74, 6) is 0.983. The highest BCUT2D eigenvalue weighted by molar-refractivity contribution is 5.89. The molecule has 3 fully saturated rings. The van der Waals surface area contributed by atoms with Crippen LogP contribution in [0.5, 0.6) is 11.9 Å². The number of nitrogens with zero attached hydrogens (tertiary/aromatic N) is 3. The Kier molecular flexibility index (Phi) is 7.80. The van der Waals surface area contributed by atoms with Gasteiger partial charge in [0.15, 0.2) is 5.78 Å². The highest BCUT2D eigenvalue weighted by Crippen LogP contribution is 2.53. The lowest BCUT2D eigenvalue weighted by atomic mass is 9.82. The van der Waals surface area contributed by atoms with Crippen molar-refractivity contribution in [3.63, 3.8) is 0 Å². The van der Waals surface area contributed by atoms with Gasteiger partial charge in [0.05, 0.1) is 26.3 Å². The van der Waals surface area contributed by atoms with Crippen LogP contribution >= 0.6 is 0 Å². The molecule has 1 N–H and O–H groups in total. The maximum Gasteiger partial charge on any atom is 0.416 e. The fourth-order valence-corrected chi connectivity index (χ4v) is 6.35. The van der Waals surface area contributed by atoms with Gasteiger partial charge in [-0.05, 0) is 55.1 Å². The van der Waals surface area contributed by atoms with Crippen LogP contribution in [0.1, 0.15) is 48.3 Å². The Balaban J connectivity index is 1.05. The maximum absolute atomic E-state index is 12.9. The number of alkyl halides is 3. The SMILES string of the molecule is COc1ncc(C2CCC(N3C[C@@H]4C(C(=O)NCC(=O)Cc5cccc(C(F)(F)F)c5)[C@@H]4C3)CC2)c(OC)n1. The van der Waals surface area contributed by atoms with E-state index in [1.165, 1.54) is 19.2 Å². The summed E-state index contributed by atoms with van der Waals surface area (Å²) in [6, 6.07) is 5.51. The predicted octanol–water partition coefficient (Wildman–Crippen LogP) is 3.64. The maximum atomic E-state index is 12.9. The second-order valence-corrected chi connectivity index (χ2v) is 10.8. The number of fused-ring (bicyclic) bond motifs is 1. The van der Waals surface area contributed by atoms with E-state index in [0.717, 1.165) is 56.5 Å². The Labute approximate surface area is 225 Å². The first-order valence-corrected chi connectivity index (χ1v) is 13.3. The molecule has 39 heavy (non-hydrogen) atoms. The van der Waals surface area contributed by atoms with Gasteiger partial charge >= 0.3 is 12.2 Å². The number of ether oxygens (including phenoxy) is 2. The summed E-state index contributed by atoms with van der Waals surface area (Å²) in [6.07, 6.45) is 1.34. The Morgan fingerprint density at radius 3 is 2.44 bits per heavy atom. The first-order valence-electron chi connectivity index (χ1n) is 13.3. The van der Waals surface area contributed by atoms with E-state index in [1.54, 1.807) is 13.3 Å². The number of benzene rings is 1. The molecule has 1 aliphatic heterocycles. The smallest absolute Gasteiger partial charge is 0.416 e. The number of carbonyl (C=O) groups is 2. The van der Waals surface area contributed by atoms with Crippen LogP contribution in [0.15, 0.2) is 30.5 Å². The third-order valence-corrected chi connectivity index (χ3v) is 8.43. The lowest BCUT2D eigenvalue weighted by Gasteiger charge is -2.36. The van der Waals surface area contributed by atoms with E-state index < -0.39 is 11.7 Å². The van der Waals surface area contributed by atoms with E-state index in [1.807, 2.05) is 0 Å². The number of methoxy groups -OCH3 is 2. The Morgan fingerprint density at radius 1 is 1.08 bits per heavy atom. The van der Waals surface area contributed by atoms with Crippen LogP contribution in [0.25, 0.3) is 0 Å². The zero-order valence-electron chi connectivity index (χ0n) is 22.0. The Morgan fingerprint density at radius 2 is 1.79 bits per heavy atom. The molecule has 0 radical (unpaired) electrons. The summed E-state index contributed by atoms with van der Waals surface area (Å²) in [5, 5.41) is 2.71. The first kappa shape index (κ1) is 27.4. The number of piperidine rings is 1. The number of nitrogens with one attached hydrogen (secondary N) is 1. The third kappa shape index (κ3) is 6.03. The van der Waals surface area contributed by atoms with Crippen molar-refractivity contribution in [3.8, 4) is 11.9 Å². The monoisotopic (exact) mass is 546 g/mol. The van der Waals surface area contributed by atoms with Gasteiger partial charge in [-0.15, -0.1) is 0 Å². The Bertz CT molecular complexity index is 1200. The molecule has 0 spiro atoms. The minimum Gasteiger partial charge on any atom is -0.481 e. The molecule has 0 bridgehead atoms. The van der Waals surface area contributed by atoms with E-state index in [9.17, 15) is 22.8 Å². The van der Waals surface area contributed by atoms with Gasteiger partial charge in [0.1, 0.15) is 0 Å². The van der Waals surface area contributed by atoms with Gasteiger partial charge in [-0.1, -0.05) is 18.2 Å². The molecule has 3 aliphatic rings. The van der Waals surface area contributed by atoms with Crippen LogP contribution < -0.4 is 14.8 Å². The van der Waals surface area contributed by atoms with Crippen LogP contribution in [0.2, 0.25) is 0 Å². The summed E-state index contributed by atoms with van der Waals surface area (Å²) in [7, 11) is 3.13. The average Bonchev–Trinajstić information content (AvgIpc) is 3.44. The minimum absolute atomic E-state index is 0.0837. The third-order valence-electron chi connectivity index (χ3n) is 8.43.